The zero-order valence-electron chi connectivity index (χ0n) is 14.0. The summed E-state index contributed by atoms with van der Waals surface area (Å²) in [6.07, 6.45) is 0.702. The highest BCUT2D eigenvalue weighted by Crippen LogP contribution is 2.12. The molecule has 0 spiro atoms. The maximum Gasteiger partial charge on any atom is 0.242 e. The van der Waals surface area contributed by atoms with E-state index in [2.05, 4.69) is 10.6 Å². The van der Waals surface area contributed by atoms with Crippen molar-refractivity contribution in [2.75, 3.05) is 7.05 Å². The number of nitrogens with one attached hydrogen (secondary N) is 2. The highest BCUT2D eigenvalue weighted by molar-refractivity contribution is 7.09. The van der Waals surface area contributed by atoms with Crippen molar-refractivity contribution in [2.24, 2.45) is 5.73 Å². The number of halogens is 1. The molecule has 0 fully saturated rings. The molecular weight excluding hydrogens is 341 g/mol. The Morgan fingerprint density at radius 1 is 1.20 bits per heavy atom. The Morgan fingerprint density at radius 2 is 1.96 bits per heavy atom. The SMILES string of the molecule is CNC(=O)[C@@H](Cc1cccs1)NC(=O)CC(N)Cc1ccccc1F. The number of hydrogen-bond acceptors (Lipinski definition) is 4. The number of likely N-dealkylation sites (N-methyl/N-ethyl adjacent to an activating group) is 1. The normalized spacial score (nSPS) is 13.1. The number of carbonyl (C=O) groups is 2. The van der Waals surface area contributed by atoms with Crippen LogP contribution in [-0.2, 0) is 22.4 Å². The number of nitrogens with two attached hydrogens (primary N) is 1. The van der Waals surface area contributed by atoms with E-state index in [-0.39, 0.29) is 30.5 Å². The number of thiophene rings is 1. The van der Waals surface area contributed by atoms with Crippen LogP contribution in [0.1, 0.15) is 16.9 Å². The predicted molar refractivity (Wildman–Crippen MR) is 96.7 cm³/mol. The van der Waals surface area contributed by atoms with Gasteiger partial charge in [0.1, 0.15) is 11.9 Å². The van der Waals surface area contributed by atoms with Gasteiger partial charge in [-0.25, -0.2) is 4.39 Å². The van der Waals surface area contributed by atoms with E-state index in [0.717, 1.165) is 4.88 Å². The van der Waals surface area contributed by atoms with Crippen LogP contribution in [0.4, 0.5) is 4.39 Å². The summed E-state index contributed by atoms with van der Waals surface area (Å²) < 4.78 is 13.7. The third-order valence-corrected chi connectivity index (χ3v) is 4.67. The van der Waals surface area contributed by atoms with E-state index in [9.17, 15) is 14.0 Å². The fraction of sp³-hybridized carbons (Fsp3) is 0.333. The zero-order valence-corrected chi connectivity index (χ0v) is 14.8. The molecule has 25 heavy (non-hydrogen) atoms. The van der Waals surface area contributed by atoms with Crippen molar-refractivity contribution in [3.05, 3.63) is 58.0 Å². The van der Waals surface area contributed by atoms with Crippen LogP contribution < -0.4 is 16.4 Å². The molecule has 2 atom stereocenters. The standard InChI is InChI=1S/C18H22FN3O2S/c1-21-18(24)16(11-14-6-4-8-25-14)22-17(23)10-13(20)9-12-5-2-3-7-15(12)19/h2-8,13,16H,9-11,20H2,1H3,(H,21,24)(H,22,23)/t13?,16-/m1/s1. The molecular formula is C18H22FN3O2S. The minimum Gasteiger partial charge on any atom is -0.357 e. The fourth-order valence-electron chi connectivity index (χ4n) is 2.52. The van der Waals surface area contributed by atoms with Gasteiger partial charge in [-0.3, -0.25) is 9.59 Å². The zero-order chi connectivity index (χ0) is 18.2. The number of hydrogen-bond donors (Lipinski definition) is 3. The Bertz CT molecular complexity index is 706. The molecule has 2 amide bonds. The van der Waals surface area contributed by atoms with Gasteiger partial charge < -0.3 is 16.4 Å². The largest absolute Gasteiger partial charge is 0.357 e. The quantitative estimate of drug-likeness (QED) is 0.666. The topological polar surface area (TPSA) is 84.2 Å². The lowest BCUT2D eigenvalue weighted by Crippen LogP contribution is -2.48. The predicted octanol–water partition coefficient (Wildman–Crippen LogP) is 1.62. The lowest BCUT2D eigenvalue weighted by molar-refractivity contribution is -0.128. The Labute approximate surface area is 150 Å². The first kappa shape index (κ1) is 19.1. The molecule has 1 unspecified atom stereocenters. The molecule has 134 valence electrons. The highest BCUT2D eigenvalue weighted by Gasteiger charge is 2.22. The fourth-order valence-corrected chi connectivity index (χ4v) is 3.28. The molecule has 0 radical (unpaired) electrons. The molecule has 1 heterocycles. The number of benzene rings is 1. The van der Waals surface area contributed by atoms with Gasteiger partial charge in [0.25, 0.3) is 0 Å². The first-order chi connectivity index (χ1) is 12.0. The Morgan fingerprint density at radius 3 is 2.60 bits per heavy atom. The van der Waals surface area contributed by atoms with Crippen LogP contribution in [0.5, 0.6) is 0 Å². The van der Waals surface area contributed by atoms with Crippen LogP contribution >= 0.6 is 11.3 Å². The van der Waals surface area contributed by atoms with E-state index in [1.807, 2.05) is 17.5 Å². The number of carbonyl (C=O) groups excluding carboxylic acids is 2. The molecule has 5 nitrogen and oxygen atoms in total. The minimum absolute atomic E-state index is 0.0201. The first-order valence-corrected chi connectivity index (χ1v) is 8.90. The first-order valence-electron chi connectivity index (χ1n) is 8.02. The minimum atomic E-state index is -0.656. The number of amides is 2. The van der Waals surface area contributed by atoms with E-state index in [4.69, 9.17) is 5.73 Å². The van der Waals surface area contributed by atoms with Crippen LogP contribution in [0.15, 0.2) is 41.8 Å². The van der Waals surface area contributed by atoms with Gasteiger partial charge >= 0.3 is 0 Å². The smallest absolute Gasteiger partial charge is 0.242 e. The van der Waals surface area contributed by atoms with Gasteiger partial charge in [-0.15, -0.1) is 11.3 Å². The van der Waals surface area contributed by atoms with E-state index >= 15 is 0 Å². The molecule has 2 aromatic rings. The van der Waals surface area contributed by atoms with Crippen molar-refractivity contribution < 1.29 is 14.0 Å². The van der Waals surface area contributed by atoms with Crippen LogP contribution in [0.25, 0.3) is 0 Å². The highest BCUT2D eigenvalue weighted by atomic mass is 32.1. The number of rotatable bonds is 8. The van der Waals surface area contributed by atoms with Gasteiger partial charge in [0.05, 0.1) is 0 Å². The molecule has 0 saturated carbocycles. The molecule has 0 bridgehead atoms. The average Bonchev–Trinajstić information content (AvgIpc) is 3.08. The summed E-state index contributed by atoms with van der Waals surface area (Å²) in [6.45, 7) is 0. The molecule has 1 aromatic carbocycles. The molecule has 4 N–H and O–H groups in total. The third-order valence-electron chi connectivity index (χ3n) is 3.77. The van der Waals surface area contributed by atoms with Gasteiger partial charge in [-0.05, 0) is 29.5 Å². The molecule has 0 saturated heterocycles. The van der Waals surface area contributed by atoms with Crippen molar-refractivity contribution in [1.29, 1.82) is 0 Å². The van der Waals surface area contributed by atoms with E-state index < -0.39 is 12.1 Å². The molecule has 0 aliphatic carbocycles. The second-order valence-corrected chi connectivity index (χ2v) is 6.81. The Hall–Kier alpha value is -2.25. The summed E-state index contributed by atoms with van der Waals surface area (Å²) in [5.41, 5.74) is 6.45. The monoisotopic (exact) mass is 363 g/mol. The maximum absolute atomic E-state index is 13.7. The molecule has 0 aliphatic rings. The van der Waals surface area contributed by atoms with E-state index in [1.54, 1.807) is 18.2 Å². The summed E-state index contributed by atoms with van der Waals surface area (Å²) in [4.78, 5) is 25.2. The summed E-state index contributed by atoms with van der Waals surface area (Å²) in [5, 5.41) is 7.19. The Balaban J connectivity index is 1.91. The Kier molecular flexibility index (Phi) is 7.09. The van der Waals surface area contributed by atoms with E-state index in [0.29, 0.717) is 12.0 Å². The van der Waals surface area contributed by atoms with Gasteiger partial charge in [0, 0.05) is 30.8 Å². The maximum atomic E-state index is 13.7. The molecule has 0 aliphatic heterocycles. The van der Waals surface area contributed by atoms with Crippen LogP contribution in [0.3, 0.4) is 0 Å². The van der Waals surface area contributed by atoms with Gasteiger partial charge in [0.15, 0.2) is 0 Å². The van der Waals surface area contributed by atoms with Crippen LogP contribution in [0.2, 0.25) is 0 Å². The van der Waals surface area contributed by atoms with Crippen LogP contribution in [-0.4, -0.2) is 30.9 Å². The van der Waals surface area contributed by atoms with Crippen molar-refractivity contribution in [1.82, 2.24) is 10.6 Å². The molecule has 7 heteroatoms. The lowest BCUT2D eigenvalue weighted by atomic mass is 10.0. The van der Waals surface area contributed by atoms with Gasteiger partial charge in [-0.1, -0.05) is 24.3 Å². The second kappa shape index (κ2) is 9.29. The average molecular weight is 363 g/mol. The van der Waals surface area contributed by atoms with Crippen molar-refractivity contribution >= 4 is 23.2 Å². The van der Waals surface area contributed by atoms with Crippen LogP contribution in [0, 0.1) is 5.82 Å². The van der Waals surface area contributed by atoms with Gasteiger partial charge in [0.2, 0.25) is 11.8 Å². The van der Waals surface area contributed by atoms with Crippen molar-refractivity contribution in [3.8, 4) is 0 Å². The summed E-state index contributed by atoms with van der Waals surface area (Å²) in [5.74, 6) is -0.919. The molecule has 1 aromatic heterocycles. The van der Waals surface area contributed by atoms with Crippen molar-refractivity contribution in [2.45, 2.75) is 31.3 Å². The summed E-state index contributed by atoms with van der Waals surface area (Å²) in [6, 6.07) is 8.98. The summed E-state index contributed by atoms with van der Waals surface area (Å²) >= 11 is 1.53. The van der Waals surface area contributed by atoms with Crippen molar-refractivity contribution in [3.63, 3.8) is 0 Å². The third kappa shape index (κ3) is 5.95. The lowest BCUT2D eigenvalue weighted by Gasteiger charge is -2.18. The second-order valence-electron chi connectivity index (χ2n) is 5.78. The van der Waals surface area contributed by atoms with E-state index in [1.165, 1.54) is 24.5 Å². The van der Waals surface area contributed by atoms with Gasteiger partial charge in [-0.2, -0.15) is 0 Å². The molecule has 2 rings (SSSR count). The summed E-state index contributed by atoms with van der Waals surface area (Å²) in [7, 11) is 1.53.